The standard InChI is InChI=1S/C15H23N3O/c1-15(2)7-4-8-18(11-15)10-12-5-3-6-13(9-12)14(19)17-16/h3,5-6,9H,4,7-8,10-11,16H2,1-2H3,(H,17,19). The SMILES string of the molecule is CC1(C)CCCN(Cc2cccc(C(=O)NN)c2)C1. The first-order valence-corrected chi connectivity index (χ1v) is 6.82. The predicted molar refractivity (Wildman–Crippen MR) is 76.4 cm³/mol. The molecule has 3 N–H and O–H groups in total. The summed E-state index contributed by atoms with van der Waals surface area (Å²) in [5.41, 5.74) is 4.35. The van der Waals surface area contributed by atoms with Gasteiger partial charge in [-0.3, -0.25) is 15.1 Å². The predicted octanol–water partition coefficient (Wildman–Crippen LogP) is 1.91. The van der Waals surface area contributed by atoms with E-state index in [1.807, 2.05) is 12.1 Å². The molecule has 0 saturated carbocycles. The van der Waals surface area contributed by atoms with Gasteiger partial charge in [0.25, 0.3) is 5.91 Å². The molecule has 1 aliphatic heterocycles. The molecule has 0 unspecified atom stereocenters. The van der Waals surface area contributed by atoms with Gasteiger partial charge in [-0.05, 0) is 42.5 Å². The third kappa shape index (κ3) is 3.78. The van der Waals surface area contributed by atoms with Crippen molar-refractivity contribution in [1.29, 1.82) is 0 Å². The highest BCUT2D eigenvalue weighted by Gasteiger charge is 2.26. The van der Waals surface area contributed by atoms with Crippen molar-refractivity contribution in [2.24, 2.45) is 11.3 Å². The van der Waals surface area contributed by atoms with E-state index in [1.165, 1.54) is 18.4 Å². The fourth-order valence-electron chi connectivity index (χ4n) is 2.83. The molecule has 0 aliphatic carbocycles. The summed E-state index contributed by atoms with van der Waals surface area (Å²) in [6.07, 6.45) is 2.54. The van der Waals surface area contributed by atoms with Crippen LogP contribution in [0, 0.1) is 5.41 Å². The molecule has 104 valence electrons. The van der Waals surface area contributed by atoms with Crippen LogP contribution >= 0.6 is 0 Å². The van der Waals surface area contributed by atoms with Crippen molar-refractivity contribution in [1.82, 2.24) is 10.3 Å². The molecular formula is C15H23N3O. The molecule has 0 aromatic heterocycles. The summed E-state index contributed by atoms with van der Waals surface area (Å²) in [4.78, 5) is 14.0. The zero-order chi connectivity index (χ0) is 13.9. The molecule has 4 nitrogen and oxygen atoms in total. The fourth-order valence-corrected chi connectivity index (χ4v) is 2.83. The summed E-state index contributed by atoms with van der Waals surface area (Å²) >= 11 is 0. The summed E-state index contributed by atoms with van der Waals surface area (Å²) in [5, 5.41) is 0. The van der Waals surface area contributed by atoms with Gasteiger partial charge >= 0.3 is 0 Å². The Morgan fingerprint density at radius 3 is 2.95 bits per heavy atom. The first-order chi connectivity index (χ1) is 9.00. The molecule has 4 heteroatoms. The average Bonchev–Trinajstić information content (AvgIpc) is 2.37. The van der Waals surface area contributed by atoms with Gasteiger partial charge < -0.3 is 0 Å². The third-order valence-corrected chi connectivity index (χ3v) is 3.71. The highest BCUT2D eigenvalue weighted by Crippen LogP contribution is 2.29. The van der Waals surface area contributed by atoms with Crippen molar-refractivity contribution in [3.63, 3.8) is 0 Å². The molecule has 1 heterocycles. The molecule has 1 amide bonds. The van der Waals surface area contributed by atoms with E-state index in [0.29, 0.717) is 11.0 Å². The van der Waals surface area contributed by atoms with E-state index in [9.17, 15) is 4.79 Å². The van der Waals surface area contributed by atoms with Crippen LogP contribution < -0.4 is 11.3 Å². The molecule has 1 fully saturated rings. The topological polar surface area (TPSA) is 58.4 Å². The average molecular weight is 261 g/mol. The van der Waals surface area contributed by atoms with Crippen LogP contribution in [0.5, 0.6) is 0 Å². The summed E-state index contributed by atoms with van der Waals surface area (Å²) in [5.74, 6) is 4.93. The van der Waals surface area contributed by atoms with E-state index >= 15 is 0 Å². The number of amides is 1. The fraction of sp³-hybridized carbons (Fsp3) is 0.533. The number of nitrogens with two attached hydrogens (primary N) is 1. The van der Waals surface area contributed by atoms with Gasteiger partial charge in [-0.2, -0.15) is 0 Å². The molecule has 1 aliphatic rings. The minimum absolute atomic E-state index is 0.235. The number of nitrogen functional groups attached to an aromatic ring is 1. The van der Waals surface area contributed by atoms with Crippen LogP contribution in [0.4, 0.5) is 0 Å². The van der Waals surface area contributed by atoms with E-state index in [2.05, 4.69) is 30.2 Å². The molecule has 1 aromatic rings. The highest BCUT2D eigenvalue weighted by atomic mass is 16.2. The Hall–Kier alpha value is -1.39. The zero-order valence-electron chi connectivity index (χ0n) is 11.8. The summed E-state index contributed by atoms with van der Waals surface area (Å²) < 4.78 is 0. The normalized spacial score (nSPS) is 19.1. The van der Waals surface area contributed by atoms with E-state index in [-0.39, 0.29) is 5.91 Å². The first kappa shape index (κ1) is 14.0. The van der Waals surface area contributed by atoms with Crippen molar-refractivity contribution >= 4 is 5.91 Å². The maximum absolute atomic E-state index is 11.5. The van der Waals surface area contributed by atoms with Gasteiger partial charge in [0.15, 0.2) is 0 Å². The first-order valence-electron chi connectivity index (χ1n) is 6.82. The second kappa shape index (κ2) is 5.72. The van der Waals surface area contributed by atoms with Crippen molar-refractivity contribution in [3.8, 4) is 0 Å². The molecule has 0 bridgehead atoms. The van der Waals surface area contributed by atoms with E-state index in [1.54, 1.807) is 6.07 Å². The smallest absolute Gasteiger partial charge is 0.265 e. The van der Waals surface area contributed by atoms with Gasteiger partial charge in [0.2, 0.25) is 0 Å². The molecule has 19 heavy (non-hydrogen) atoms. The number of likely N-dealkylation sites (tertiary alicyclic amines) is 1. The lowest BCUT2D eigenvalue weighted by atomic mass is 9.84. The van der Waals surface area contributed by atoms with Crippen LogP contribution in [0.3, 0.4) is 0 Å². The van der Waals surface area contributed by atoms with Gasteiger partial charge in [0.05, 0.1) is 0 Å². The molecule has 0 radical (unpaired) electrons. The number of carbonyl (C=O) groups is 1. The Morgan fingerprint density at radius 2 is 2.26 bits per heavy atom. The number of nitrogens with one attached hydrogen (secondary N) is 1. The van der Waals surface area contributed by atoms with Gasteiger partial charge in [0.1, 0.15) is 0 Å². The quantitative estimate of drug-likeness (QED) is 0.496. The van der Waals surface area contributed by atoms with Gasteiger partial charge in [-0.25, -0.2) is 5.84 Å². The lowest BCUT2D eigenvalue weighted by Gasteiger charge is -2.38. The van der Waals surface area contributed by atoms with Gasteiger partial charge in [-0.1, -0.05) is 26.0 Å². The molecule has 1 aromatic carbocycles. The number of hydrogen-bond donors (Lipinski definition) is 2. The van der Waals surface area contributed by atoms with Crippen molar-refractivity contribution < 1.29 is 4.79 Å². The van der Waals surface area contributed by atoms with E-state index in [4.69, 9.17) is 5.84 Å². The Labute approximate surface area is 114 Å². The third-order valence-electron chi connectivity index (χ3n) is 3.71. The van der Waals surface area contributed by atoms with Crippen molar-refractivity contribution in [2.45, 2.75) is 33.2 Å². The van der Waals surface area contributed by atoms with Crippen LogP contribution in [-0.2, 0) is 6.54 Å². The Morgan fingerprint density at radius 1 is 1.47 bits per heavy atom. The summed E-state index contributed by atoms with van der Waals surface area (Å²) in [6.45, 7) is 7.78. The number of rotatable bonds is 3. The Balaban J connectivity index is 2.05. The van der Waals surface area contributed by atoms with Crippen LogP contribution in [0.1, 0.15) is 42.6 Å². The van der Waals surface area contributed by atoms with Crippen molar-refractivity contribution in [3.05, 3.63) is 35.4 Å². The Bertz CT molecular complexity index is 456. The van der Waals surface area contributed by atoms with Crippen LogP contribution in [-0.4, -0.2) is 23.9 Å². The number of hydrogen-bond acceptors (Lipinski definition) is 3. The maximum Gasteiger partial charge on any atom is 0.265 e. The largest absolute Gasteiger partial charge is 0.299 e. The van der Waals surface area contributed by atoms with Gasteiger partial charge in [-0.15, -0.1) is 0 Å². The lowest BCUT2D eigenvalue weighted by molar-refractivity contribution is 0.0952. The summed E-state index contributed by atoms with van der Waals surface area (Å²) in [7, 11) is 0. The van der Waals surface area contributed by atoms with Crippen LogP contribution in [0.15, 0.2) is 24.3 Å². The minimum Gasteiger partial charge on any atom is -0.299 e. The lowest BCUT2D eigenvalue weighted by Crippen LogP contribution is -2.39. The molecule has 2 rings (SSSR count). The minimum atomic E-state index is -0.235. The molecular weight excluding hydrogens is 238 g/mol. The number of hydrazine groups is 1. The second-order valence-electron chi connectivity index (χ2n) is 6.15. The van der Waals surface area contributed by atoms with Gasteiger partial charge in [0, 0.05) is 18.7 Å². The Kier molecular flexibility index (Phi) is 4.22. The summed E-state index contributed by atoms with van der Waals surface area (Å²) in [6, 6.07) is 7.68. The number of nitrogens with zero attached hydrogens (tertiary/aromatic N) is 1. The monoisotopic (exact) mass is 261 g/mol. The van der Waals surface area contributed by atoms with Crippen LogP contribution in [0.2, 0.25) is 0 Å². The molecule has 1 saturated heterocycles. The molecule has 0 spiro atoms. The molecule has 0 atom stereocenters. The number of piperidine rings is 1. The maximum atomic E-state index is 11.5. The highest BCUT2D eigenvalue weighted by molar-refractivity contribution is 5.93. The zero-order valence-corrected chi connectivity index (χ0v) is 11.8. The van der Waals surface area contributed by atoms with Crippen LogP contribution in [0.25, 0.3) is 0 Å². The number of benzene rings is 1. The number of carbonyl (C=O) groups excluding carboxylic acids is 1. The van der Waals surface area contributed by atoms with E-state index < -0.39 is 0 Å². The van der Waals surface area contributed by atoms with E-state index in [0.717, 1.165) is 19.6 Å². The van der Waals surface area contributed by atoms with Crippen molar-refractivity contribution in [2.75, 3.05) is 13.1 Å². The second-order valence-corrected chi connectivity index (χ2v) is 6.15.